The zero-order valence-corrected chi connectivity index (χ0v) is 13.7. The molecule has 0 atom stereocenters. The van der Waals surface area contributed by atoms with Gasteiger partial charge in [-0.15, -0.1) is 0 Å². The van der Waals surface area contributed by atoms with Gasteiger partial charge in [-0.3, -0.25) is 4.79 Å². The van der Waals surface area contributed by atoms with Crippen LogP contribution in [0.25, 0.3) is 0 Å². The number of carbonyl (C=O) groups excluding carboxylic acids is 1. The van der Waals surface area contributed by atoms with E-state index in [-0.39, 0.29) is 5.91 Å². The number of hydrogen-bond donors (Lipinski definition) is 1. The Labute approximate surface area is 132 Å². The van der Waals surface area contributed by atoms with Gasteiger partial charge in [0.25, 0.3) is 5.91 Å². The number of nitrogens with one attached hydrogen (secondary N) is 1. The molecule has 2 aromatic carbocycles. The zero-order chi connectivity index (χ0) is 15.4. The van der Waals surface area contributed by atoms with Crippen molar-refractivity contribution in [2.45, 2.75) is 6.92 Å². The molecule has 0 saturated carbocycles. The Morgan fingerprint density at radius 2 is 1.71 bits per heavy atom. The minimum absolute atomic E-state index is 0.278. The molecular formula is C16H16BrNO3. The summed E-state index contributed by atoms with van der Waals surface area (Å²) in [7, 11) is 3.04. The Bertz CT molecular complexity index is 648. The van der Waals surface area contributed by atoms with E-state index in [1.807, 2.05) is 25.1 Å². The fraction of sp³-hybridized carbons (Fsp3) is 0.188. The van der Waals surface area contributed by atoms with E-state index in [1.54, 1.807) is 18.2 Å². The van der Waals surface area contributed by atoms with Gasteiger partial charge in [0, 0.05) is 10.2 Å². The summed E-state index contributed by atoms with van der Waals surface area (Å²) >= 11 is 3.45. The monoisotopic (exact) mass is 349 g/mol. The van der Waals surface area contributed by atoms with Crippen LogP contribution in [0.15, 0.2) is 40.9 Å². The lowest BCUT2D eigenvalue weighted by atomic mass is 10.1. The van der Waals surface area contributed by atoms with E-state index in [2.05, 4.69) is 21.2 Å². The van der Waals surface area contributed by atoms with Gasteiger partial charge in [0.15, 0.2) is 0 Å². The summed E-state index contributed by atoms with van der Waals surface area (Å²) in [6.45, 7) is 1.99. The number of aryl methyl sites for hydroxylation is 1. The van der Waals surface area contributed by atoms with E-state index >= 15 is 0 Å². The molecule has 0 unspecified atom stereocenters. The highest BCUT2D eigenvalue weighted by atomic mass is 79.9. The molecule has 0 bridgehead atoms. The molecule has 0 saturated heterocycles. The lowest BCUT2D eigenvalue weighted by Crippen LogP contribution is -2.14. The predicted octanol–water partition coefficient (Wildman–Crippen LogP) is 4.03. The van der Waals surface area contributed by atoms with Crippen molar-refractivity contribution in [3.05, 3.63) is 52.0 Å². The molecule has 0 aliphatic heterocycles. The van der Waals surface area contributed by atoms with Crippen molar-refractivity contribution < 1.29 is 14.3 Å². The molecule has 0 aliphatic rings. The van der Waals surface area contributed by atoms with Gasteiger partial charge in [-0.2, -0.15) is 0 Å². The van der Waals surface area contributed by atoms with E-state index in [0.29, 0.717) is 22.7 Å². The van der Waals surface area contributed by atoms with Crippen molar-refractivity contribution in [3.63, 3.8) is 0 Å². The second-order valence-electron chi connectivity index (χ2n) is 4.46. The highest BCUT2D eigenvalue weighted by molar-refractivity contribution is 9.10. The Morgan fingerprint density at radius 3 is 2.24 bits per heavy atom. The van der Waals surface area contributed by atoms with E-state index in [4.69, 9.17) is 9.47 Å². The zero-order valence-electron chi connectivity index (χ0n) is 12.1. The smallest absolute Gasteiger partial charge is 0.263 e. The second kappa shape index (κ2) is 6.63. The lowest BCUT2D eigenvalue weighted by molar-refractivity contribution is 0.102. The fourth-order valence-corrected chi connectivity index (χ4v) is 2.32. The molecule has 21 heavy (non-hydrogen) atoms. The Hall–Kier alpha value is -2.01. The maximum atomic E-state index is 12.5. The summed E-state index contributed by atoms with van der Waals surface area (Å²) in [6, 6.07) is 10.9. The molecule has 0 radical (unpaired) electrons. The first-order valence-electron chi connectivity index (χ1n) is 6.35. The normalized spacial score (nSPS) is 10.1. The molecule has 0 heterocycles. The Balaban J connectivity index is 2.34. The van der Waals surface area contributed by atoms with Crippen LogP contribution in [-0.2, 0) is 0 Å². The fourth-order valence-electron chi connectivity index (χ4n) is 1.94. The van der Waals surface area contributed by atoms with Crippen LogP contribution >= 0.6 is 15.9 Å². The number of carbonyl (C=O) groups is 1. The van der Waals surface area contributed by atoms with Gasteiger partial charge in [-0.05, 0) is 36.8 Å². The van der Waals surface area contributed by atoms with E-state index < -0.39 is 0 Å². The van der Waals surface area contributed by atoms with Crippen LogP contribution in [-0.4, -0.2) is 20.1 Å². The Kier molecular flexibility index (Phi) is 4.85. The minimum Gasteiger partial charge on any atom is -0.496 e. The number of halogens is 1. The summed E-state index contributed by atoms with van der Waals surface area (Å²) in [5.41, 5.74) is 2.17. The molecule has 5 heteroatoms. The molecule has 0 spiro atoms. The van der Waals surface area contributed by atoms with Crippen LogP contribution in [0, 0.1) is 6.92 Å². The third-order valence-electron chi connectivity index (χ3n) is 3.08. The maximum Gasteiger partial charge on any atom is 0.263 e. The van der Waals surface area contributed by atoms with Crippen LogP contribution in [0.2, 0.25) is 0 Å². The molecule has 110 valence electrons. The lowest BCUT2D eigenvalue weighted by Gasteiger charge is -2.13. The molecular weight excluding hydrogens is 334 g/mol. The van der Waals surface area contributed by atoms with Crippen LogP contribution in [0.4, 0.5) is 5.69 Å². The first-order valence-corrected chi connectivity index (χ1v) is 7.14. The van der Waals surface area contributed by atoms with Crippen molar-refractivity contribution in [1.29, 1.82) is 0 Å². The summed E-state index contributed by atoms with van der Waals surface area (Å²) in [5, 5.41) is 2.85. The SMILES string of the molecule is COc1cccc(OC)c1C(=O)Nc1ccc(C)c(Br)c1. The Morgan fingerprint density at radius 1 is 1.10 bits per heavy atom. The van der Waals surface area contributed by atoms with Crippen molar-refractivity contribution in [2.24, 2.45) is 0 Å². The van der Waals surface area contributed by atoms with Gasteiger partial charge in [0.1, 0.15) is 17.1 Å². The van der Waals surface area contributed by atoms with Crippen molar-refractivity contribution in [2.75, 3.05) is 19.5 Å². The summed E-state index contributed by atoms with van der Waals surface area (Å²) in [4.78, 5) is 12.5. The molecule has 0 aromatic heterocycles. The van der Waals surface area contributed by atoms with Crippen molar-refractivity contribution in [1.82, 2.24) is 0 Å². The number of hydrogen-bond acceptors (Lipinski definition) is 3. The predicted molar refractivity (Wildman–Crippen MR) is 86.4 cm³/mol. The third kappa shape index (κ3) is 3.36. The van der Waals surface area contributed by atoms with E-state index in [0.717, 1.165) is 10.0 Å². The van der Waals surface area contributed by atoms with Gasteiger partial charge in [0.05, 0.1) is 14.2 Å². The number of benzene rings is 2. The number of anilines is 1. The molecule has 0 fully saturated rings. The first kappa shape index (κ1) is 15.4. The van der Waals surface area contributed by atoms with Gasteiger partial charge in [-0.25, -0.2) is 0 Å². The number of methoxy groups -OCH3 is 2. The second-order valence-corrected chi connectivity index (χ2v) is 5.31. The van der Waals surface area contributed by atoms with Crippen LogP contribution in [0.3, 0.4) is 0 Å². The number of ether oxygens (including phenoxy) is 2. The summed E-state index contributed by atoms with van der Waals surface area (Å²) in [6.07, 6.45) is 0. The summed E-state index contributed by atoms with van der Waals surface area (Å²) < 4.78 is 11.4. The van der Waals surface area contributed by atoms with E-state index in [1.165, 1.54) is 14.2 Å². The molecule has 1 N–H and O–H groups in total. The number of amides is 1. The molecule has 0 aliphatic carbocycles. The first-order chi connectivity index (χ1) is 10.1. The quantitative estimate of drug-likeness (QED) is 0.906. The van der Waals surface area contributed by atoms with Crippen molar-refractivity contribution >= 4 is 27.5 Å². The minimum atomic E-state index is -0.278. The van der Waals surface area contributed by atoms with Crippen LogP contribution < -0.4 is 14.8 Å². The average molecular weight is 350 g/mol. The molecule has 2 aromatic rings. The molecule has 1 amide bonds. The summed E-state index contributed by atoms with van der Waals surface area (Å²) in [5.74, 6) is 0.663. The van der Waals surface area contributed by atoms with Gasteiger partial charge >= 0.3 is 0 Å². The van der Waals surface area contributed by atoms with Crippen molar-refractivity contribution in [3.8, 4) is 11.5 Å². The van der Waals surface area contributed by atoms with Gasteiger partial charge < -0.3 is 14.8 Å². The average Bonchev–Trinajstić information content (AvgIpc) is 2.49. The topological polar surface area (TPSA) is 47.6 Å². The van der Waals surface area contributed by atoms with Crippen LogP contribution in [0.1, 0.15) is 15.9 Å². The highest BCUT2D eigenvalue weighted by Crippen LogP contribution is 2.29. The van der Waals surface area contributed by atoms with Crippen LogP contribution in [0.5, 0.6) is 11.5 Å². The molecule has 2 rings (SSSR count). The highest BCUT2D eigenvalue weighted by Gasteiger charge is 2.18. The largest absolute Gasteiger partial charge is 0.496 e. The molecule has 4 nitrogen and oxygen atoms in total. The maximum absolute atomic E-state index is 12.5. The third-order valence-corrected chi connectivity index (χ3v) is 3.94. The van der Waals surface area contributed by atoms with E-state index in [9.17, 15) is 4.79 Å². The van der Waals surface area contributed by atoms with Gasteiger partial charge in [0.2, 0.25) is 0 Å². The van der Waals surface area contributed by atoms with Gasteiger partial charge in [-0.1, -0.05) is 28.1 Å². The number of rotatable bonds is 4. The standard InChI is InChI=1S/C16H16BrNO3/c1-10-7-8-11(9-12(10)17)18-16(19)15-13(20-2)5-4-6-14(15)21-3/h4-9H,1-3H3,(H,18,19).